The summed E-state index contributed by atoms with van der Waals surface area (Å²) in [6.45, 7) is 23.6. The second kappa shape index (κ2) is 34.6. The van der Waals surface area contributed by atoms with Crippen LogP contribution in [0, 0.1) is 113 Å². The van der Waals surface area contributed by atoms with Crippen molar-refractivity contribution in [1.82, 2.24) is 4.90 Å². The number of carbonyl (C=O) groups excluding carboxylic acids is 9. The summed E-state index contributed by atoms with van der Waals surface area (Å²) in [5.41, 5.74) is 6.03. The first-order valence-electron chi connectivity index (χ1n) is 37.8. The molecule has 7 amide bonds. The number of nitrogens with one attached hydrogen (secondary N) is 1. The van der Waals surface area contributed by atoms with Crippen LogP contribution in [0.5, 0.6) is 11.5 Å². The molecular weight excluding hydrogens is 1370 g/mol. The first-order valence-corrected chi connectivity index (χ1v) is 37.8. The summed E-state index contributed by atoms with van der Waals surface area (Å²) in [5.74, 6) is 1.80. The van der Waals surface area contributed by atoms with Gasteiger partial charge in [-0.2, -0.15) is 0 Å². The smallest absolute Gasteiger partial charge is 0.330 e. The number of amides is 7. The van der Waals surface area contributed by atoms with Gasteiger partial charge in [0.2, 0.25) is 41.4 Å². The third-order valence-corrected chi connectivity index (χ3v) is 24.4. The second-order valence-corrected chi connectivity index (χ2v) is 30.9. The minimum Gasteiger partial charge on any atom is -0.499 e. The van der Waals surface area contributed by atoms with Gasteiger partial charge in [-0.05, 0) is 218 Å². The van der Waals surface area contributed by atoms with Gasteiger partial charge in [0.25, 0.3) is 0 Å². The Morgan fingerprint density at radius 3 is 1.69 bits per heavy atom. The Bertz CT molecular complexity index is 4420. The van der Waals surface area contributed by atoms with E-state index in [1.807, 2.05) is 123 Å². The highest BCUT2D eigenvalue weighted by atomic mass is 16.5. The lowest BCUT2D eigenvalue weighted by Gasteiger charge is -2.40. The third-order valence-electron chi connectivity index (χ3n) is 24.4. The monoisotopic (exact) mass is 1470 g/mol. The summed E-state index contributed by atoms with van der Waals surface area (Å²) >= 11 is 0. The molecule has 6 aromatic rings. The molecule has 5 saturated carbocycles. The zero-order valence-corrected chi connectivity index (χ0v) is 63.0. The number of hydrogen-bond donors (Lipinski definition) is 1. The van der Waals surface area contributed by atoms with Crippen LogP contribution in [0.3, 0.4) is 0 Å². The van der Waals surface area contributed by atoms with Crippen molar-refractivity contribution in [3.63, 3.8) is 0 Å². The lowest BCUT2D eigenvalue weighted by molar-refractivity contribution is -0.146. The summed E-state index contributed by atoms with van der Waals surface area (Å²) in [7, 11) is 2.99. The van der Waals surface area contributed by atoms with Gasteiger partial charge in [0.1, 0.15) is 23.9 Å². The van der Waals surface area contributed by atoms with Crippen LogP contribution in [-0.4, -0.2) is 85.6 Å². The minimum atomic E-state index is -0.762. The predicted octanol–water partition coefficient (Wildman–Crippen LogP) is 16.1. The molecule has 109 heavy (non-hydrogen) atoms. The molecular formula is C91H102N4O14. The van der Waals surface area contributed by atoms with Crippen LogP contribution in [0.2, 0.25) is 0 Å². The van der Waals surface area contributed by atoms with Crippen LogP contribution in [0.4, 0.5) is 17.1 Å². The summed E-state index contributed by atoms with van der Waals surface area (Å²) in [5, 5.41) is 2.76. The predicted molar refractivity (Wildman–Crippen MR) is 421 cm³/mol. The Labute approximate surface area is 640 Å². The molecule has 570 valence electrons. The molecule has 0 aromatic heterocycles. The molecule has 5 aliphatic carbocycles. The fourth-order valence-corrected chi connectivity index (χ4v) is 18.5. The van der Waals surface area contributed by atoms with E-state index >= 15 is 0 Å². The van der Waals surface area contributed by atoms with Gasteiger partial charge >= 0.3 is 11.9 Å². The average Bonchev–Trinajstić information content (AvgIpc) is 1.52. The molecule has 18 heteroatoms. The number of rotatable bonds is 24. The van der Waals surface area contributed by atoms with E-state index in [0.717, 1.165) is 109 Å². The van der Waals surface area contributed by atoms with Crippen LogP contribution in [-0.2, 0) is 64.0 Å². The van der Waals surface area contributed by atoms with Crippen molar-refractivity contribution in [2.45, 2.75) is 94.6 Å². The van der Waals surface area contributed by atoms with Gasteiger partial charge in [-0.1, -0.05) is 158 Å². The van der Waals surface area contributed by atoms with E-state index in [2.05, 4.69) is 32.3 Å². The normalized spacial score (nSPS) is 27.3. The number of aryl methyl sites for hydroxylation is 1. The highest BCUT2D eigenvalue weighted by Gasteiger charge is 2.73. The largest absolute Gasteiger partial charge is 0.499 e. The van der Waals surface area contributed by atoms with Gasteiger partial charge in [-0.25, -0.2) is 9.69 Å². The number of imide groups is 3. The number of esters is 2. The molecule has 3 heterocycles. The second-order valence-electron chi connectivity index (χ2n) is 30.9. The van der Waals surface area contributed by atoms with Crippen molar-refractivity contribution in [1.29, 1.82) is 0 Å². The maximum atomic E-state index is 13.2. The maximum Gasteiger partial charge on any atom is 0.330 e. The van der Waals surface area contributed by atoms with E-state index < -0.39 is 65.1 Å². The fourth-order valence-electron chi connectivity index (χ4n) is 18.5. The van der Waals surface area contributed by atoms with E-state index in [4.69, 9.17) is 23.7 Å². The van der Waals surface area contributed by atoms with E-state index in [1.54, 1.807) is 107 Å². The van der Waals surface area contributed by atoms with E-state index in [1.165, 1.54) is 50.1 Å². The highest BCUT2D eigenvalue weighted by Crippen LogP contribution is 2.63. The van der Waals surface area contributed by atoms with Crippen LogP contribution in [0.15, 0.2) is 201 Å². The molecule has 0 radical (unpaired) electrons. The fraction of sp³-hybridized carbons (Fsp3) is 0.396. The lowest BCUT2D eigenvalue weighted by Crippen LogP contribution is -2.50. The number of likely N-dealkylation sites (tertiary alicyclic amines) is 1. The third kappa shape index (κ3) is 17.4. The Hall–Kier alpha value is -10.8. The Morgan fingerprint density at radius 1 is 0.560 bits per heavy atom. The van der Waals surface area contributed by atoms with Gasteiger partial charge in [-0.15, -0.1) is 0 Å². The molecule has 14 rings (SSSR count). The summed E-state index contributed by atoms with van der Waals surface area (Å²) in [4.78, 5) is 118. The van der Waals surface area contributed by atoms with Gasteiger partial charge in [-0.3, -0.25) is 48.2 Å². The number of fused-ring (bicyclic) bond motifs is 8. The number of ether oxygens (including phenoxy) is 5. The van der Waals surface area contributed by atoms with Crippen LogP contribution >= 0.6 is 0 Å². The van der Waals surface area contributed by atoms with Crippen LogP contribution < -0.4 is 24.6 Å². The van der Waals surface area contributed by atoms with Gasteiger partial charge in [0, 0.05) is 30.8 Å². The van der Waals surface area contributed by atoms with Crippen molar-refractivity contribution in [2.24, 2.45) is 107 Å². The maximum absolute atomic E-state index is 13.2. The SMILES string of the molecule is C.C=C(/C=C/c1ccccc1)OCc1cc(C)cc(N2C(=O)C3C4C(=O)N(C)C(=O)C4C3C2=O)c1.C=C(C)OCC1CC2CC1C(C)C2CC1C(C)C2CC(COC(=O)/C=C/c3ccccc3)C1C2.COc1ccc(/C=C/C(=O)Nc2ccc(OC(=O)C(C)C(C)C3C(=O)N(c4ccccc4)C(=O)C3C)cc2)cc1. The number of methoxy groups -OCH3 is 1. The van der Waals surface area contributed by atoms with Gasteiger partial charge in [0.15, 0.2) is 0 Å². The number of carbonyl (C=O) groups is 9. The van der Waals surface area contributed by atoms with Crippen molar-refractivity contribution in [3.05, 3.63) is 228 Å². The standard InChI is InChI=1S/C32H32N2O6.C31H42O3.C27H24N2O5.CH4/c1-20(29-22(3)30(36)34(31(29)37)25-8-6-5-7-9-25)21(2)32(38)40-27-17-13-24(14-18-27)33-28(35)19-12-23-10-15-26(39-4)16-11-23;1-19(2)33-17-25-13-24-15-27(25)21(4)28(24)16-29-20(3)23-12-26(30(29)14-23)18-34-31(32)11-10-22-8-6-5-7-9-22;1-15-11-18(14-34-16(2)9-10-17-7-5-4-6-8-17)13-19(12-15)29-26(32)22-20-21(23(22)27(29)33)25(31)28(3)24(20)30;/h5-22,29H,1-4H3,(H,33,35);5-11,20-21,23-30H,1,12-18H2,2-4H3;4-13,20-23H,2,14H2,1,3H3;1H4/b19-12+;11-10+;10-9+;. The van der Waals surface area contributed by atoms with Crippen LogP contribution in [0.1, 0.15) is 109 Å². The topological polar surface area (TPSA) is 222 Å². The van der Waals surface area contributed by atoms with E-state index in [-0.39, 0.29) is 49.5 Å². The number of benzene rings is 6. The molecule has 8 aliphatic rings. The molecule has 4 bridgehead atoms. The van der Waals surface area contributed by atoms with Crippen molar-refractivity contribution >= 4 is 88.6 Å². The zero-order valence-electron chi connectivity index (χ0n) is 63.0. The van der Waals surface area contributed by atoms with Crippen molar-refractivity contribution in [3.8, 4) is 11.5 Å². The molecule has 0 spiro atoms. The number of hydrogen-bond acceptors (Lipinski definition) is 14. The Kier molecular flexibility index (Phi) is 25.2. The Balaban J connectivity index is 0.000000162. The number of anilines is 3. The summed E-state index contributed by atoms with van der Waals surface area (Å²) < 4.78 is 28.0. The number of nitrogens with zero attached hydrogens (tertiary/aromatic N) is 3. The molecule has 3 saturated heterocycles. The molecule has 8 fully saturated rings. The molecule has 18 atom stereocenters. The van der Waals surface area contributed by atoms with Gasteiger partial charge < -0.3 is 29.0 Å². The minimum absolute atomic E-state index is 0. The Morgan fingerprint density at radius 2 is 1.09 bits per heavy atom. The first-order chi connectivity index (χ1) is 51.9. The van der Waals surface area contributed by atoms with E-state index in [9.17, 15) is 43.2 Å². The summed E-state index contributed by atoms with van der Waals surface area (Å²) in [6, 6.07) is 47.7. The van der Waals surface area contributed by atoms with E-state index in [0.29, 0.717) is 41.1 Å². The quantitative estimate of drug-likeness (QED) is 0.0149. The lowest BCUT2D eigenvalue weighted by atomic mass is 9.59. The molecule has 3 aliphatic heterocycles. The first kappa shape index (κ1) is 79.3. The molecule has 1 N–H and O–H groups in total. The van der Waals surface area contributed by atoms with Crippen molar-refractivity contribution in [2.75, 3.05) is 42.5 Å². The number of para-hydroxylation sites is 1. The highest BCUT2D eigenvalue weighted by molar-refractivity contribution is 6.27. The molecule has 6 aromatic carbocycles. The molecule has 18 unspecified atom stereocenters. The average molecular weight is 1480 g/mol. The van der Waals surface area contributed by atoms with Crippen molar-refractivity contribution < 1.29 is 66.8 Å². The zero-order chi connectivity index (χ0) is 76.8. The molecule has 18 nitrogen and oxygen atoms in total. The summed E-state index contributed by atoms with van der Waals surface area (Å²) in [6.07, 6.45) is 16.9. The number of allylic oxidation sites excluding steroid dienone is 2. The van der Waals surface area contributed by atoms with Crippen LogP contribution in [0.25, 0.3) is 18.2 Å². The van der Waals surface area contributed by atoms with Gasteiger partial charge in [0.05, 0.1) is 73.0 Å².